The lowest BCUT2D eigenvalue weighted by molar-refractivity contribution is 0.0691. The third-order valence-corrected chi connectivity index (χ3v) is 8.99. The maximum atomic E-state index is 14.9. The smallest absolute Gasteiger partial charge is 0.355 e. The summed E-state index contributed by atoms with van der Waals surface area (Å²) >= 11 is 1.11. The number of sulfonamides is 1. The van der Waals surface area contributed by atoms with Crippen LogP contribution in [0.5, 0.6) is 0 Å². The molecular formula is C30H24F2N6O4S2. The standard InChI is InChI=1S/C30H24F2N6O4S2/c1-37-16-34-14-21(37)7-5-19-13-20(6-8-23(19)31)28-22(10-18-4-9-27(24(32)11-18)44(33,41)42)26(12-17-2-3-17)38(36-28)30-35-25(15-43-30)29(39)40/h4,6,8-9,11,13-17H,2-3,10,12H2,1H3,(H,39,40)(H2,33,41,42). The molecule has 0 aliphatic heterocycles. The molecule has 0 amide bonds. The monoisotopic (exact) mass is 634 g/mol. The van der Waals surface area contributed by atoms with Crippen molar-refractivity contribution in [1.82, 2.24) is 24.3 Å². The molecule has 1 aliphatic rings. The SMILES string of the molecule is Cn1cncc1C#Cc1cc(-c2nn(-c3nc(C(=O)O)cs3)c(CC3CC3)c2Cc2ccc(S(N)(=O)=O)c(F)c2)ccc1F. The molecule has 3 N–H and O–H groups in total. The Balaban J connectivity index is 1.52. The quantitative estimate of drug-likeness (QED) is 0.242. The van der Waals surface area contributed by atoms with Crippen molar-refractivity contribution in [2.24, 2.45) is 18.1 Å². The Morgan fingerprint density at radius 2 is 1.95 bits per heavy atom. The highest BCUT2D eigenvalue weighted by atomic mass is 32.2. The van der Waals surface area contributed by atoms with Gasteiger partial charge in [-0.15, -0.1) is 11.3 Å². The summed E-state index contributed by atoms with van der Waals surface area (Å²) in [4.78, 5) is 19.3. The number of halogens is 2. The molecule has 2 aromatic carbocycles. The molecule has 6 rings (SSSR count). The summed E-state index contributed by atoms with van der Waals surface area (Å²) in [7, 11) is -2.49. The molecule has 5 aromatic rings. The molecule has 3 heterocycles. The summed E-state index contributed by atoms with van der Waals surface area (Å²) in [5.74, 6) is 3.45. The number of imidazole rings is 1. The van der Waals surface area contributed by atoms with Crippen LogP contribution in [0.4, 0.5) is 8.78 Å². The van der Waals surface area contributed by atoms with Gasteiger partial charge in [0.05, 0.1) is 29.5 Å². The van der Waals surface area contributed by atoms with Crippen molar-refractivity contribution >= 4 is 27.3 Å². The van der Waals surface area contributed by atoms with Crippen LogP contribution in [0, 0.1) is 29.4 Å². The zero-order valence-corrected chi connectivity index (χ0v) is 24.8. The molecule has 0 unspecified atom stereocenters. The second-order valence-corrected chi connectivity index (χ2v) is 12.8. The molecule has 0 spiro atoms. The number of hydrogen-bond donors (Lipinski definition) is 2. The van der Waals surface area contributed by atoms with E-state index >= 15 is 0 Å². The molecule has 10 nitrogen and oxygen atoms in total. The maximum absolute atomic E-state index is 14.9. The van der Waals surface area contributed by atoms with Gasteiger partial charge in [0.25, 0.3) is 0 Å². The minimum absolute atomic E-state index is 0.124. The van der Waals surface area contributed by atoms with Crippen LogP contribution in [0.3, 0.4) is 0 Å². The number of carboxylic acids is 1. The number of carboxylic acid groups (broad SMARTS) is 1. The summed E-state index contributed by atoms with van der Waals surface area (Å²) < 4.78 is 56.7. The second kappa shape index (κ2) is 11.4. The molecule has 224 valence electrons. The summed E-state index contributed by atoms with van der Waals surface area (Å²) in [6, 6.07) is 8.14. The highest BCUT2D eigenvalue weighted by molar-refractivity contribution is 7.89. The van der Waals surface area contributed by atoms with E-state index in [0.29, 0.717) is 45.5 Å². The number of aromatic nitrogens is 5. The van der Waals surface area contributed by atoms with Crippen molar-refractivity contribution in [3.05, 3.63) is 99.7 Å². The lowest BCUT2D eigenvalue weighted by atomic mass is 9.96. The van der Waals surface area contributed by atoms with E-state index in [1.54, 1.807) is 41.0 Å². The van der Waals surface area contributed by atoms with Crippen LogP contribution in [-0.4, -0.2) is 43.8 Å². The summed E-state index contributed by atoms with van der Waals surface area (Å²) in [5.41, 5.74) is 3.46. The number of aryl methyl sites for hydroxylation is 1. The molecule has 0 saturated heterocycles. The first-order valence-corrected chi connectivity index (χ1v) is 15.8. The number of benzene rings is 2. The highest BCUT2D eigenvalue weighted by Gasteiger charge is 2.30. The van der Waals surface area contributed by atoms with Crippen molar-refractivity contribution in [2.75, 3.05) is 0 Å². The molecular weight excluding hydrogens is 610 g/mol. The van der Waals surface area contributed by atoms with E-state index in [1.807, 2.05) is 0 Å². The first-order chi connectivity index (χ1) is 21.0. The average molecular weight is 635 g/mol. The number of rotatable bonds is 8. The number of nitrogens with zero attached hydrogens (tertiary/aromatic N) is 5. The summed E-state index contributed by atoms with van der Waals surface area (Å²) in [5, 5.41) is 21.2. The van der Waals surface area contributed by atoms with Crippen molar-refractivity contribution in [2.45, 2.75) is 30.6 Å². The predicted octanol–water partition coefficient (Wildman–Crippen LogP) is 4.30. The van der Waals surface area contributed by atoms with Crippen molar-refractivity contribution < 1.29 is 27.1 Å². The van der Waals surface area contributed by atoms with E-state index in [4.69, 9.17) is 10.2 Å². The lowest BCUT2D eigenvalue weighted by Gasteiger charge is -2.10. The number of primary sulfonamides is 1. The van der Waals surface area contributed by atoms with E-state index in [0.717, 1.165) is 42.0 Å². The van der Waals surface area contributed by atoms with Gasteiger partial charge in [0, 0.05) is 30.0 Å². The maximum Gasteiger partial charge on any atom is 0.355 e. The van der Waals surface area contributed by atoms with Crippen LogP contribution in [0.25, 0.3) is 16.4 Å². The summed E-state index contributed by atoms with van der Waals surface area (Å²) in [6.07, 6.45) is 5.89. The van der Waals surface area contributed by atoms with Gasteiger partial charge in [-0.3, -0.25) is 0 Å². The van der Waals surface area contributed by atoms with E-state index in [2.05, 4.69) is 21.8 Å². The predicted molar refractivity (Wildman–Crippen MR) is 158 cm³/mol. The summed E-state index contributed by atoms with van der Waals surface area (Å²) in [6.45, 7) is 0. The molecule has 1 fully saturated rings. The van der Waals surface area contributed by atoms with Crippen LogP contribution in [0.15, 0.2) is 59.2 Å². The van der Waals surface area contributed by atoms with Crippen molar-refractivity contribution in [1.29, 1.82) is 0 Å². The average Bonchev–Trinajstić information content (AvgIpc) is 3.31. The minimum Gasteiger partial charge on any atom is -0.476 e. The second-order valence-electron chi connectivity index (χ2n) is 10.5. The van der Waals surface area contributed by atoms with Crippen molar-refractivity contribution in [3.63, 3.8) is 0 Å². The van der Waals surface area contributed by atoms with Crippen LogP contribution in [0.1, 0.15) is 51.4 Å². The van der Waals surface area contributed by atoms with Crippen LogP contribution in [-0.2, 0) is 29.9 Å². The highest BCUT2D eigenvalue weighted by Crippen LogP contribution is 2.38. The number of aromatic carboxylic acids is 1. The molecule has 0 bridgehead atoms. The van der Waals surface area contributed by atoms with Crippen LogP contribution < -0.4 is 5.14 Å². The topological polar surface area (TPSA) is 146 Å². The zero-order chi connectivity index (χ0) is 31.2. The van der Waals surface area contributed by atoms with Crippen molar-refractivity contribution in [3.8, 4) is 28.2 Å². The Kier molecular flexibility index (Phi) is 7.62. The van der Waals surface area contributed by atoms with Gasteiger partial charge < -0.3 is 9.67 Å². The van der Waals surface area contributed by atoms with Gasteiger partial charge >= 0.3 is 5.97 Å². The molecule has 0 radical (unpaired) electrons. The van der Waals surface area contributed by atoms with E-state index in [1.165, 1.54) is 17.5 Å². The van der Waals surface area contributed by atoms with Gasteiger partial charge in [0.2, 0.25) is 15.2 Å². The van der Waals surface area contributed by atoms with E-state index in [-0.39, 0.29) is 17.7 Å². The number of hydrogen-bond acceptors (Lipinski definition) is 7. The molecule has 1 saturated carbocycles. The molecule has 1 aliphatic carbocycles. The van der Waals surface area contributed by atoms with Gasteiger partial charge in [-0.1, -0.05) is 12.0 Å². The first kappa shape index (κ1) is 29.4. The van der Waals surface area contributed by atoms with Gasteiger partial charge in [-0.05, 0) is 67.0 Å². The first-order valence-electron chi connectivity index (χ1n) is 13.4. The van der Waals surface area contributed by atoms with Gasteiger partial charge in [0.1, 0.15) is 22.2 Å². The number of thiazole rings is 1. The largest absolute Gasteiger partial charge is 0.476 e. The third kappa shape index (κ3) is 6.02. The third-order valence-electron chi connectivity index (χ3n) is 7.23. The van der Waals surface area contributed by atoms with Crippen LogP contribution >= 0.6 is 11.3 Å². The van der Waals surface area contributed by atoms with E-state index in [9.17, 15) is 27.1 Å². The zero-order valence-electron chi connectivity index (χ0n) is 23.2. The normalized spacial score (nSPS) is 13.1. The number of nitrogens with two attached hydrogens (primary N) is 1. The lowest BCUT2D eigenvalue weighted by Crippen LogP contribution is -2.14. The Bertz CT molecular complexity index is 2100. The number of carbonyl (C=O) groups is 1. The fourth-order valence-corrected chi connectivity index (χ4v) is 6.15. The Morgan fingerprint density at radius 1 is 1.16 bits per heavy atom. The molecule has 3 aromatic heterocycles. The molecule has 0 atom stereocenters. The Hall–Kier alpha value is -4.71. The van der Waals surface area contributed by atoms with Crippen LogP contribution in [0.2, 0.25) is 0 Å². The Morgan fingerprint density at radius 3 is 2.59 bits per heavy atom. The van der Waals surface area contributed by atoms with Gasteiger partial charge in [0.15, 0.2) is 5.69 Å². The fourth-order valence-electron chi connectivity index (χ4n) is 4.79. The molecule has 44 heavy (non-hydrogen) atoms. The van der Waals surface area contributed by atoms with Gasteiger partial charge in [-0.25, -0.2) is 41.8 Å². The minimum atomic E-state index is -4.26. The van der Waals surface area contributed by atoms with Gasteiger partial charge in [-0.2, -0.15) is 5.10 Å². The fraction of sp³-hybridized carbons (Fsp3) is 0.200. The van der Waals surface area contributed by atoms with E-state index < -0.39 is 32.5 Å². The Labute approximate surface area is 254 Å². The molecule has 14 heteroatoms.